The number of para-hydroxylation sites is 2. The van der Waals surface area contributed by atoms with E-state index in [2.05, 4.69) is 10.3 Å². The van der Waals surface area contributed by atoms with E-state index >= 15 is 0 Å². The first-order valence-corrected chi connectivity index (χ1v) is 6.51. The van der Waals surface area contributed by atoms with Gasteiger partial charge in [-0.05, 0) is 18.6 Å². The molecule has 3 rings (SSSR count). The SMILES string of the molecule is CCC(O)Nc1c2ccccc2nc2ccccc12. The Morgan fingerprint density at radius 2 is 1.53 bits per heavy atom. The minimum atomic E-state index is -0.547. The van der Waals surface area contributed by atoms with Gasteiger partial charge in [-0.2, -0.15) is 0 Å². The first-order valence-electron chi connectivity index (χ1n) is 6.51. The zero-order chi connectivity index (χ0) is 13.2. The molecule has 0 bridgehead atoms. The molecule has 0 aliphatic heterocycles. The number of rotatable bonds is 3. The average Bonchev–Trinajstić information content (AvgIpc) is 2.46. The maximum atomic E-state index is 9.90. The monoisotopic (exact) mass is 252 g/mol. The number of hydrogen-bond donors (Lipinski definition) is 2. The summed E-state index contributed by atoms with van der Waals surface area (Å²) in [5.41, 5.74) is 2.83. The van der Waals surface area contributed by atoms with E-state index in [1.807, 2.05) is 55.5 Å². The van der Waals surface area contributed by atoms with Crippen LogP contribution in [0.4, 0.5) is 5.69 Å². The summed E-state index contributed by atoms with van der Waals surface area (Å²) in [5.74, 6) is 0. The molecule has 0 saturated carbocycles. The van der Waals surface area contributed by atoms with Crippen LogP contribution in [0.1, 0.15) is 13.3 Å². The lowest BCUT2D eigenvalue weighted by Crippen LogP contribution is -2.17. The molecule has 3 heteroatoms. The lowest BCUT2D eigenvalue weighted by molar-refractivity contribution is 0.200. The van der Waals surface area contributed by atoms with Crippen molar-refractivity contribution >= 4 is 27.5 Å². The summed E-state index contributed by atoms with van der Waals surface area (Å²) in [6.45, 7) is 1.95. The van der Waals surface area contributed by atoms with Crippen molar-refractivity contribution in [3.63, 3.8) is 0 Å². The third-order valence-electron chi connectivity index (χ3n) is 3.29. The van der Waals surface area contributed by atoms with Crippen molar-refractivity contribution in [2.75, 3.05) is 5.32 Å². The number of aliphatic hydroxyl groups excluding tert-OH is 1. The fraction of sp³-hybridized carbons (Fsp3) is 0.188. The number of nitrogens with zero attached hydrogens (tertiary/aromatic N) is 1. The van der Waals surface area contributed by atoms with Crippen LogP contribution in [-0.4, -0.2) is 16.3 Å². The van der Waals surface area contributed by atoms with Gasteiger partial charge in [-0.15, -0.1) is 0 Å². The van der Waals surface area contributed by atoms with Crippen LogP contribution >= 0.6 is 0 Å². The van der Waals surface area contributed by atoms with Crippen LogP contribution in [0.3, 0.4) is 0 Å². The molecular weight excluding hydrogens is 236 g/mol. The van der Waals surface area contributed by atoms with Gasteiger partial charge in [0.25, 0.3) is 0 Å². The molecule has 1 atom stereocenters. The molecule has 0 spiro atoms. The van der Waals surface area contributed by atoms with E-state index in [1.54, 1.807) is 0 Å². The van der Waals surface area contributed by atoms with Crippen molar-refractivity contribution in [3.8, 4) is 0 Å². The largest absolute Gasteiger partial charge is 0.374 e. The number of benzene rings is 2. The molecule has 1 unspecified atom stereocenters. The first kappa shape index (κ1) is 11.9. The zero-order valence-corrected chi connectivity index (χ0v) is 10.8. The minimum Gasteiger partial charge on any atom is -0.374 e. The normalized spacial score (nSPS) is 12.7. The third kappa shape index (κ3) is 2.13. The van der Waals surface area contributed by atoms with Gasteiger partial charge in [0.15, 0.2) is 0 Å². The first-order chi connectivity index (χ1) is 9.29. The second kappa shape index (κ2) is 4.86. The summed E-state index contributed by atoms with van der Waals surface area (Å²) >= 11 is 0. The van der Waals surface area contributed by atoms with Crippen LogP contribution in [-0.2, 0) is 0 Å². The second-order valence-electron chi connectivity index (χ2n) is 4.59. The Hall–Kier alpha value is -2.13. The summed E-state index contributed by atoms with van der Waals surface area (Å²) in [6.07, 6.45) is 0.111. The van der Waals surface area contributed by atoms with E-state index < -0.39 is 6.23 Å². The Balaban J connectivity index is 2.33. The lowest BCUT2D eigenvalue weighted by Gasteiger charge is -2.16. The van der Waals surface area contributed by atoms with Crippen LogP contribution in [0.5, 0.6) is 0 Å². The van der Waals surface area contributed by atoms with Crippen LogP contribution in [0.25, 0.3) is 21.8 Å². The van der Waals surface area contributed by atoms with E-state index in [0.717, 1.165) is 27.5 Å². The van der Waals surface area contributed by atoms with E-state index in [1.165, 1.54) is 0 Å². The zero-order valence-electron chi connectivity index (χ0n) is 10.8. The molecule has 0 radical (unpaired) electrons. The highest BCUT2D eigenvalue weighted by molar-refractivity contribution is 6.07. The number of hydrogen-bond acceptors (Lipinski definition) is 3. The maximum absolute atomic E-state index is 9.90. The van der Waals surface area contributed by atoms with Crippen molar-refractivity contribution in [2.45, 2.75) is 19.6 Å². The highest BCUT2D eigenvalue weighted by Gasteiger charge is 2.10. The number of aromatic nitrogens is 1. The van der Waals surface area contributed by atoms with Gasteiger partial charge in [0.05, 0.1) is 16.7 Å². The van der Waals surface area contributed by atoms with Crippen molar-refractivity contribution in [1.29, 1.82) is 0 Å². The van der Waals surface area contributed by atoms with Gasteiger partial charge in [0.2, 0.25) is 0 Å². The van der Waals surface area contributed by atoms with Crippen LogP contribution in [0.2, 0.25) is 0 Å². The molecule has 0 fully saturated rings. The van der Waals surface area contributed by atoms with Crippen LogP contribution < -0.4 is 5.32 Å². The summed E-state index contributed by atoms with van der Waals surface area (Å²) < 4.78 is 0. The maximum Gasteiger partial charge on any atom is 0.124 e. The fourth-order valence-electron chi connectivity index (χ4n) is 2.26. The Labute approximate surface area is 111 Å². The molecule has 2 N–H and O–H groups in total. The van der Waals surface area contributed by atoms with Gasteiger partial charge < -0.3 is 10.4 Å². The molecule has 19 heavy (non-hydrogen) atoms. The molecule has 96 valence electrons. The standard InChI is InChI=1S/C16H16N2O/c1-2-15(19)18-16-11-7-3-5-9-13(11)17-14-10-6-4-8-12(14)16/h3-10,15,19H,2H2,1H3,(H,17,18). The number of fused-ring (bicyclic) bond motifs is 2. The van der Waals surface area contributed by atoms with Crippen LogP contribution in [0.15, 0.2) is 48.5 Å². The Morgan fingerprint density at radius 3 is 2.05 bits per heavy atom. The predicted octanol–water partition coefficient (Wildman–Crippen LogP) is 3.53. The Bertz CT molecular complexity index is 670. The third-order valence-corrected chi connectivity index (χ3v) is 3.29. The number of nitrogens with one attached hydrogen (secondary N) is 1. The second-order valence-corrected chi connectivity index (χ2v) is 4.59. The van der Waals surface area contributed by atoms with Crippen molar-refractivity contribution in [1.82, 2.24) is 4.98 Å². The van der Waals surface area contributed by atoms with Gasteiger partial charge in [-0.25, -0.2) is 4.98 Å². The lowest BCUT2D eigenvalue weighted by atomic mass is 10.1. The van der Waals surface area contributed by atoms with Crippen molar-refractivity contribution in [2.24, 2.45) is 0 Å². The van der Waals surface area contributed by atoms with E-state index in [0.29, 0.717) is 6.42 Å². The van der Waals surface area contributed by atoms with E-state index in [9.17, 15) is 5.11 Å². The van der Waals surface area contributed by atoms with Crippen molar-refractivity contribution in [3.05, 3.63) is 48.5 Å². The average molecular weight is 252 g/mol. The highest BCUT2D eigenvalue weighted by Crippen LogP contribution is 2.30. The van der Waals surface area contributed by atoms with Gasteiger partial charge in [0, 0.05) is 10.8 Å². The summed E-state index contributed by atoms with van der Waals surface area (Å²) in [4.78, 5) is 4.65. The molecule has 0 aliphatic carbocycles. The molecule has 1 heterocycles. The summed E-state index contributed by atoms with van der Waals surface area (Å²) in [7, 11) is 0. The fourth-order valence-corrected chi connectivity index (χ4v) is 2.26. The minimum absolute atomic E-state index is 0.547. The molecule has 3 aromatic rings. The van der Waals surface area contributed by atoms with E-state index in [4.69, 9.17) is 0 Å². The quantitative estimate of drug-likeness (QED) is 0.553. The van der Waals surface area contributed by atoms with Crippen LogP contribution in [0, 0.1) is 0 Å². The molecule has 0 amide bonds. The number of pyridine rings is 1. The van der Waals surface area contributed by atoms with Crippen molar-refractivity contribution < 1.29 is 5.11 Å². The molecule has 3 nitrogen and oxygen atoms in total. The molecule has 2 aromatic carbocycles. The molecular formula is C16H16N2O. The smallest absolute Gasteiger partial charge is 0.124 e. The molecule has 0 aliphatic rings. The van der Waals surface area contributed by atoms with Gasteiger partial charge in [-0.1, -0.05) is 43.3 Å². The molecule has 1 aromatic heterocycles. The van der Waals surface area contributed by atoms with E-state index in [-0.39, 0.29) is 0 Å². The van der Waals surface area contributed by atoms with Gasteiger partial charge in [-0.3, -0.25) is 0 Å². The number of anilines is 1. The Morgan fingerprint density at radius 1 is 1.00 bits per heavy atom. The van der Waals surface area contributed by atoms with Gasteiger partial charge in [0.1, 0.15) is 6.23 Å². The predicted molar refractivity (Wildman–Crippen MR) is 79.2 cm³/mol. The Kier molecular flexibility index (Phi) is 3.05. The summed E-state index contributed by atoms with van der Waals surface area (Å²) in [5, 5.41) is 15.2. The molecule has 0 saturated heterocycles. The van der Waals surface area contributed by atoms with Gasteiger partial charge >= 0.3 is 0 Å². The topological polar surface area (TPSA) is 45.1 Å². The summed E-state index contributed by atoms with van der Waals surface area (Å²) in [6, 6.07) is 16.0. The number of aliphatic hydroxyl groups is 1. The highest BCUT2D eigenvalue weighted by atomic mass is 16.3.